The quantitative estimate of drug-likeness (QED) is 0.818. The predicted molar refractivity (Wildman–Crippen MR) is 102 cm³/mol. The molecule has 0 fully saturated rings. The summed E-state index contributed by atoms with van der Waals surface area (Å²) in [6.45, 7) is 1.76. The molecule has 2 aromatic carbocycles. The Kier molecular flexibility index (Phi) is 6.73. The van der Waals surface area contributed by atoms with E-state index in [4.69, 9.17) is 16.9 Å². The van der Waals surface area contributed by atoms with Crippen molar-refractivity contribution in [3.63, 3.8) is 0 Å². The molecule has 26 heavy (non-hydrogen) atoms. The van der Waals surface area contributed by atoms with Gasteiger partial charge < -0.3 is 10.6 Å². The zero-order chi connectivity index (χ0) is 19.1. The van der Waals surface area contributed by atoms with Crippen LogP contribution in [-0.4, -0.2) is 36.3 Å². The Morgan fingerprint density at radius 3 is 2.50 bits per heavy atom. The summed E-state index contributed by atoms with van der Waals surface area (Å²) >= 11 is 5.81. The number of nitrogens with one attached hydrogen (secondary N) is 2. The Balaban J connectivity index is 1.90. The largest absolute Gasteiger partial charge is 0.325 e. The third-order valence-corrected chi connectivity index (χ3v) is 4.07. The molecule has 0 aliphatic carbocycles. The number of hydrogen-bond acceptors (Lipinski definition) is 4. The minimum atomic E-state index is -0.531. The highest BCUT2D eigenvalue weighted by Gasteiger charge is 2.20. The number of carbonyl (C=O) groups is 2. The van der Waals surface area contributed by atoms with Gasteiger partial charge in [-0.2, -0.15) is 5.26 Å². The predicted octanol–water partition coefficient (Wildman–Crippen LogP) is 3.11. The lowest BCUT2D eigenvalue weighted by Crippen LogP contribution is -2.43. The second-order valence-corrected chi connectivity index (χ2v) is 6.26. The lowest BCUT2D eigenvalue weighted by atomic mass is 10.2. The van der Waals surface area contributed by atoms with Crippen LogP contribution in [0.4, 0.5) is 11.4 Å². The fourth-order valence-corrected chi connectivity index (χ4v) is 2.34. The number of hydrogen-bond donors (Lipinski definition) is 2. The van der Waals surface area contributed by atoms with Gasteiger partial charge in [-0.15, -0.1) is 0 Å². The van der Waals surface area contributed by atoms with E-state index in [1.54, 1.807) is 67.4 Å². The van der Waals surface area contributed by atoms with Gasteiger partial charge in [0.25, 0.3) is 0 Å². The molecule has 0 spiro atoms. The normalized spacial score (nSPS) is 11.5. The third kappa shape index (κ3) is 5.59. The van der Waals surface area contributed by atoms with Gasteiger partial charge in [0.15, 0.2) is 0 Å². The van der Waals surface area contributed by atoms with Crippen molar-refractivity contribution in [2.45, 2.75) is 13.0 Å². The summed E-state index contributed by atoms with van der Waals surface area (Å²) in [6, 6.07) is 14.9. The molecule has 134 valence electrons. The van der Waals surface area contributed by atoms with E-state index in [9.17, 15) is 9.59 Å². The minimum Gasteiger partial charge on any atom is -0.325 e. The highest BCUT2D eigenvalue weighted by Crippen LogP contribution is 2.14. The maximum absolute atomic E-state index is 12.3. The molecular formula is C19H19ClN4O2. The molecule has 0 aliphatic heterocycles. The van der Waals surface area contributed by atoms with Gasteiger partial charge >= 0.3 is 0 Å². The van der Waals surface area contributed by atoms with Gasteiger partial charge in [-0.3, -0.25) is 14.5 Å². The number of anilines is 2. The Morgan fingerprint density at radius 2 is 1.85 bits per heavy atom. The summed E-state index contributed by atoms with van der Waals surface area (Å²) in [5.74, 6) is -0.497. The van der Waals surface area contributed by atoms with E-state index in [2.05, 4.69) is 10.6 Å². The maximum atomic E-state index is 12.3. The van der Waals surface area contributed by atoms with Crippen molar-refractivity contribution < 1.29 is 9.59 Å². The second-order valence-electron chi connectivity index (χ2n) is 5.83. The molecule has 6 nitrogen and oxygen atoms in total. The summed E-state index contributed by atoms with van der Waals surface area (Å²) in [5, 5.41) is 15.0. The summed E-state index contributed by atoms with van der Waals surface area (Å²) < 4.78 is 0. The van der Waals surface area contributed by atoms with E-state index in [1.165, 1.54) is 0 Å². The van der Waals surface area contributed by atoms with Crippen molar-refractivity contribution in [1.29, 1.82) is 5.26 Å². The van der Waals surface area contributed by atoms with E-state index in [0.717, 1.165) is 0 Å². The van der Waals surface area contributed by atoms with Crippen LogP contribution in [0.5, 0.6) is 0 Å². The number of benzene rings is 2. The number of nitriles is 1. The van der Waals surface area contributed by atoms with E-state index in [1.807, 2.05) is 6.07 Å². The zero-order valence-corrected chi connectivity index (χ0v) is 15.2. The lowest BCUT2D eigenvalue weighted by molar-refractivity contribution is -0.122. The van der Waals surface area contributed by atoms with Crippen LogP contribution in [0.1, 0.15) is 12.5 Å². The van der Waals surface area contributed by atoms with Gasteiger partial charge in [0, 0.05) is 16.4 Å². The maximum Gasteiger partial charge on any atom is 0.241 e. The van der Waals surface area contributed by atoms with Crippen molar-refractivity contribution >= 4 is 34.8 Å². The number of amides is 2. The zero-order valence-electron chi connectivity index (χ0n) is 14.5. The second kappa shape index (κ2) is 8.99. The SMILES string of the molecule is CC(C(=O)Nc1cccc(C#N)c1)N(C)CC(=O)Nc1ccc(Cl)cc1. The van der Waals surface area contributed by atoms with Gasteiger partial charge in [0.2, 0.25) is 11.8 Å². The van der Waals surface area contributed by atoms with Crippen LogP contribution in [0.2, 0.25) is 5.02 Å². The molecule has 0 saturated heterocycles. The first-order valence-corrected chi connectivity index (χ1v) is 8.33. The summed E-state index contributed by atoms with van der Waals surface area (Å²) in [5.41, 5.74) is 1.64. The van der Waals surface area contributed by atoms with Crippen LogP contribution < -0.4 is 10.6 Å². The molecule has 0 aromatic heterocycles. The van der Waals surface area contributed by atoms with Crippen LogP contribution in [0.15, 0.2) is 48.5 Å². The molecule has 2 aromatic rings. The van der Waals surface area contributed by atoms with Crippen LogP contribution in [0, 0.1) is 11.3 Å². The first kappa shape index (κ1) is 19.4. The van der Waals surface area contributed by atoms with Gasteiger partial charge in [0.05, 0.1) is 24.2 Å². The standard InChI is InChI=1S/C19H19ClN4O2/c1-13(19(26)23-17-5-3-4-14(10-17)11-21)24(2)12-18(25)22-16-8-6-15(20)7-9-16/h3-10,13H,12H2,1-2H3,(H,22,25)(H,23,26). The average molecular weight is 371 g/mol. The van der Waals surface area contributed by atoms with E-state index < -0.39 is 6.04 Å². The summed E-state index contributed by atoms with van der Waals surface area (Å²) in [7, 11) is 1.69. The van der Waals surface area contributed by atoms with Crippen molar-refractivity contribution in [2.24, 2.45) is 0 Å². The van der Waals surface area contributed by atoms with Gasteiger partial charge in [0.1, 0.15) is 0 Å². The minimum absolute atomic E-state index is 0.0510. The van der Waals surface area contributed by atoms with Crippen LogP contribution in [0.25, 0.3) is 0 Å². The fraction of sp³-hybridized carbons (Fsp3) is 0.211. The highest BCUT2D eigenvalue weighted by molar-refractivity contribution is 6.30. The van der Waals surface area contributed by atoms with Crippen molar-refractivity contribution in [3.8, 4) is 6.07 Å². The Hall–Kier alpha value is -2.88. The smallest absolute Gasteiger partial charge is 0.241 e. The Bertz CT molecular complexity index is 830. The van der Waals surface area contributed by atoms with Crippen molar-refractivity contribution in [2.75, 3.05) is 24.2 Å². The summed E-state index contributed by atoms with van der Waals surface area (Å²) in [6.07, 6.45) is 0. The number of halogens is 1. The van der Waals surface area contributed by atoms with Crippen molar-refractivity contribution in [1.82, 2.24) is 4.90 Å². The molecule has 0 bridgehead atoms. The number of likely N-dealkylation sites (N-methyl/N-ethyl adjacent to an activating group) is 1. The number of carbonyl (C=O) groups excluding carboxylic acids is 2. The third-order valence-electron chi connectivity index (χ3n) is 3.82. The highest BCUT2D eigenvalue weighted by atomic mass is 35.5. The summed E-state index contributed by atoms with van der Waals surface area (Å²) in [4.78, 5) is 26.1. The molecule has 0 heterocycles. The topological polar surface area (TPSA) is 85.2 Å². The van der Waals surface area contributed by atoms with Crippen LogP contribution in [-0.2, 0) is 9.59 Å². The number of rotatable bonds is 6. The first-order chi connectivity index (χ1) is 12.4. The molecule has 0 radical (unpaired) electrons. The van der Waals surface area contributed by atoms with Gasteiger partial charge in [-0.05, 0) is 56.4 Å². The number of nitrogens with zero attached hydrogens (tertiary/aromatic N) is 2. The van der Waals surface area contributed by atoms with Gasteiger partial charge in [-0.25, -0.2) is 0 Å². The average Bonchev–Trinajstić information content (AvgIpc) is 2.63. The lowest BCUT2D eigenvalue weighted by Gasteiger charge is -2.23. The molecule has 1 atom stereocenters. The van der Waals surface area contributed by atoms with Crippen LogP contribution >= 0.6 is 11.6 Å². The van der Waals surface area contributed by atoms with Crippen molar-refractivity contribution in [3.05, 3.63) is 59.1 Å². The molecule has 2 N–H and O–H groups in total. The molecule has 2 rings (SSSR count). The Labute approximate surface area is 157 Å². The molecule has 0 aliphatic rings. The first-order valence-electron chi connectivity index (χ1n) is 7.95. The van der Waals surface area contributed by atoms with Gasteiger partial charge in [-0.1, -0.05) is 17.7 Å². The molecule has 7 heteroatoms. The molecule has 0 saturated carbocycles. The monoisotopic (exact) mass is 370 g/mol. The molecule has 2 amide bonds. The van der Waals surface area contributed by atoms with E-state index in [-0.39, 0.29) is 18.4 Å². The van der Waals surface area contributed by atoms with E-state index >= 15 is 0 Å². The molecule has 1 unspecified atom stereocenters. The Morgan fingerprint density at radius 1 is 1.15 bits per heavy atom. The molecular weight excluding hydrogens is 352 g/mol. The van der Waals surface area contributed by atoms with E-state index in [0.29, 0.717) is 22.0 Å². The fourth-order valence-electron chi connectivity index (χ4n) is 2.21. The van der Waals surface area contributed by atoms with Crippen LogP contribution in [0.3, 0.4) is 0 Å².